The van der Waals surface area contributed by atoms with Crippen molar-refractivity contribution in [2.75, 3.05) is 13.2 Å². The number of nitrogens with one attached hydrogen (secondary N) is 1. The number of hydrogen-bond donors (Lipinski definition) is 1. The molecule has 1 N–H and O–H groups in total. The molecule has 1 aromatic carbocycles. The zero-order valence-corrected chi connectivity index (χ0v) is 15.5. The maximum atomic E-state index is 13.3. The minimum atomic E-state index is -0.571. The van der Waals surface area contributed by atoms with Gasteiger partial charge in [0.1, 0.15) is 0 Å². The lowest BCUT2D eigenvalue weighted by Crippen LogP contribution is -2.47. The first-order valence-electron chi connectivity index (χ1n) is 9.41. The summed E-state index contributed by atoms with van der Waals surface area (Å²) in [6.45, 7) is 1.48. The Bertz CT molecular complexity index is 926. The standard InChI is InChI=1S/C22H22N4O2/c27-21(22(8-14-28-15-9-22)18-4-2-1-3-5-18)26-16-19-20(25-13-12-24-19)17-6-10-23-11-7-17/h1-7,10-13H,8-9,14-16H2,(H,26,27). The molecule has 0 atom stereocenters. The van der Waals surface area contributed by atoms with Crippen molar-refractivity contribution in [2.24, 2.45) is 0 Å². The maximum Gasteiger partial charge on any atom is 0.231 e. The second kappa shape index (κ2) is 8.27. The quantitative estimate of drug-likeness (QED) is 0.743. The van der Waals surface area contributed by atoms with Gasteiger partial charge in [0.05, 0.1) is 23.3 Å². The Labute approximate surface area is 164 Å². The van der Waals surface area contributed by atoms with Crippen LogP contribution in [-0.4, -0.2) is 34.1 Å². The number of benzene rings is 1. The van der Waals surface area contributed by atoms with Crippen molar-refractivity contribution in [1.82, 2.24) is 20.3 Å². The molecule has 3 aromatic rings. The number of aromatic nitrogens is 3. The van der Waals surface area contributed by atoms with Gasteiger partial charge in [-0.2, -0.15) is 0 Å². The van der Waals surface area contributed by atoms with Gasteiger partial charge in [-0.3, -0.25) is 19.7 Å². The van der Waals surface area contributed by atoms with Gasteiger partial charge in [-0.15, -0.1) is 0 Å². The van der Waals surface area contributed by atoms with E-state index in [1.807, 2.05) is 42.5 Å². The predicted molar refractivity (Wildman–Crippen MR) is 105 cm³/mol. The third kappa shape index (κ3) is 3.64. The van der Waals surface area contributed by atoms with Crippen molar-refractivity contribution in [3.63, 3.8) is 0 Å². The highest BCUT2D eigenvalue weighted by Crippen LogP contribution is 2.35. The topological polar surface area (TPSA) is 77.0 Å². The fourth-order valence-corrected chi connectivity index (χ4v) is 3.70. The zero-order chi connectivity index (χ0) is 19.2. The molecule has 1 saturated heterocycles. The van der Waals surface area contributed by atoms with E-state index >= 15 is 0 Å². The number of rotatable bonds is 5. The van der Waals surface area contributed by atoms with Gasteiger partial charge in [0.25, 0.3) is 0 Å². The van der Waals surface area contributed by atoms with E-state index in [9.17, 15) is 4.79 Å². The average Bonchev–Trinajstić information content (AvgIpc) is 2.79. The van der Waals surface area contributed by atoms with Gasteiger partial charge in [-0.05, 0) is 30.5 Å². The van der Waals surface area contributed by atoms with Gasteiger partial charge < -0.3 is 10.1 Å². The number of hydrogen-bond acceptors (Lipinski definition) is 5. The lowest BCUT2D eigenvalue weighted by atomic mass is 9.73. The third-order valence-corrected chi connectivity index (χ3v) is 5.25. The second-order valence-electron chi connectivity index (χ2n) is 6.83. The van der Waals surface area contributed by atoms with E-state index in [2.05, 4.69) is 20.3 Å². The van der Waals surface area contributed by atoms with E-state index in [-0.39, 0.29) is 5.91 Å². The van der Waals surface area contributed by atoms with Crippen LogP contribution in [0.2, 0.25) is 0 Å². The highest BCUT2D eigenvalue weighted by molar-refractivity contribution is 5.88. The highest BCUT2D eigenvalue weighted by atomic mass is 16.5. The molecule has 0 spiro atoms. The van der Waals surface area contributed by atoms with Crippen molar-refractivity contribution in [2.45, 2.75) is 24.8 Å². The van der Waals surface area contributed by atoms with Crippen molar-refractivity contribution in [1.29, 1.82) is 0 Å². The highest BCUT2D eigenvalue weighted by Gasteiger charge is 2.41. The molecule has 28 heavy (non-hydrogen) atoms. The Hall–Kier alpha value is -3.12. The summed E-state index contributed by atoms with van der Waals surface area (Å²) < 4.78 is 5.53. The first-order valence-corrected chi connectivity index (χ1v) is 9.41. The van der Waals surface area contributed by atoms with E-state index in [4.69, 9.17) is 4.74 Å². The van der Waals surface area contributed by atoms with Crippen molar-refractivity contribution in [3.05, 3.63) is 78.5 Å². The Balaban J connectivity index is 1.57. The molecule has 4 rings (SSSR count). The Morgan fingerprint density at radius 3 is 2.43 bits per heavy atom. The largest absolute Gasteiger partial charge is 0.381 e. The molecule has 1 amide bonds. The number of nitrogens with zero attached hydrogens (tertiary/aromatic N) is 3. The lowest BCUT2D eigenvalue weighted by molar-refractivity contribution is -0.130. The summed E-state index contributed by atoms with van der Waals surface area (Å²) in [5, 5.41) is 3.11. The number of carbonyl (C=O) groups excluding carboxylic acids is 1. The molecule has 1 fully saturated rings. The SMILES string of the molecule is O=C(NCc1nccnc1-c1ccncc1)C1(c2ccccc2)CCOCC1. The normalized spacial score (nSPS) is 15.7. The number of ether oxygens (including phenoxy) is 1. The monoisotopic (exact) mass is 374 g/mol. The van der Waals surface area contributed by atoms with E-state index < -0.39 is 5.41 Å². The van der Waals surface area contributed by atoms with E-state index in [1.54, 1.807) is 24.8 Å². The van der Waals surface area contributed by atoms with Gasteiger partial charge in [0.2, 0.25) is 5.91 Å². The van der Waals surface area contributed by atoms with Crippen molar-refractivity contribution < 1.29 is 9.53 Å². The summed E-state index contributed by atoms with van der Waals surface area (Å²) >= 11 is 0. The van der Waals surface area contributed by atoms with Crippen LogP contribution in [0.1, 0.15) is 24.1 Å². The van der Waals surface area contributed by atoms with Crippen LogP contribution >= 0.6 is 0 Å². The molecule has 142 valence electrons. The molecule has 0 unspecified atom stereocenters. The molecule has 0 saturated carbocycles. The van der Waals surface area contributed by atoms with E-state index in [0.717, 1.165) is 22.5 Å². The van der Waals surface area contributed by atoms with Gasteiger partial charge in [-0.25, -0.2) is 0 Å². The van der Waals surface area contributed by atoms with Crippen LogP contribution in [0.5, 0.6) is 0 Å². The minimum absolute atomic E-state index is 0.00771. The molecular formula is C22H22N4O2. The van der Waals surface area contributed by atoms with E-state index in [0.29, 0.717) is 32.6 Å². The van der Waals surface area contributed by atoms with Crippen LogP contribution in [0.3, 0.4) is 0 Å². The lowest BCUT2D eigenvalue weighted by Gasteiger charge is -2.36. The van der Waals surface area contributed by atoms with Gasteiger partial charge in [0, 0.05) is 43.6 Å². The smallest absolute Gasteiger partial charge is 0.231 e. The van der Waals surface area contributed by atoms with Crippen LogP contribution in [-0.2, 0) is 21.5 Å². The van der Waals surface area contributed by atoms with Gasteiger partial charge in [-0.1, -0.05) is 30.3 Å². The first-order chi connectivity index (χ1) is 13.8. The Kier molecular flexibility index (Phi) is 5.39. The Morgan fingerprint density at radius 1 is 0.964 bits per heavy atom. The molecule has 6 heteroatoms. The molecule has 1 aliphatic heterocycles. The van der Waals surface area contributed by atoms with Crippen LogP contribution in [0.25, 0.3) is 11.3 Å². The minimum Gasteiger partial charge on any atom is -0.381 e. The summed E-state index contributed by atoms with van der Waals surface area (Å²) in [5.74, 6) is 0.00771. The third-order valence-electron chi connectivity index (χ3n) is 5.25. The molecule has 6 nitrogen and oxygen atoms in total. The van der Waals surface area contributed by atoms with Crippen molar-refractivity contribution >= 4 is 5.91 Å². The van der Waals surface area contributed by atoms with Gasteiger partial charge in [0.15, 0.2) is 0 Å². The number of carbonyl (C=O) groups is 1. The fraction of sp³-hybridized carbons (Fsp3) is 0.273. The van der Waals surface area contributed by atoms with Crippen LogP contribution in [0.4, 0.5) is 0 Å². The molecular weight excluding hydrogens is 352 g/mol. The molecule has 2 aromatic heterocycles. The summed E-state index contributed by atoms with van der Waals surface area (Å²) in [6.07, 6.45) is 8.08. The van der Waals surface area contributed by atoms with E-state index in [1.165, 1.54) is 0 Å². The fourth-order valence-electron chi connectivity index (χ4n) is 3.70. The molecule has 1 aliphatic rings. The summed E-state index contributed by atoms with van der Waals surface area (Å²) in [4.78, 5) is 26.3. The molecule has 0 bridgehead atoms. The first kappa shape index (κ1) is 18.3. The van der Waals surface area contributed by atoms with Gasteiger partial charge >= 0.3 is 0 Å². The van der Waals surface area contributed by atoms with Crippen LogP contribution < -0.4 is 5.32 Å². The predicted octanol–water partition coefficient (Wildman–Crippen LogP) is 2.90. The van der Waals surface area contributed by atoms with Crippen molar-refractivity contribution in [3.8, 4) is 11.3 Å². The Morgan fingerprint density at radius 2 is 1.68 bits per heavy atom. The molecule has 0 aliphatic carbocycles. The maximum absolute atomic E-state index is 13.3. The molecule has 0 radical (unpaired) electrons. The second-order valence-corrected chi connectivity index (χ2v) is 6.83. The average molecular weight is 374 g/mol. The number of amides is 1. The van der Waals surface area contributed by atoms with Crippen LogP contribution in [0, 0.1) is 0 Å². The number of pyridine rings is 1. The van der Waals surface area contributed by atoms with Crippen LogP contribution in [0.15, 0.2) is 67.3 Å². The molecule has 3 heterocycles. The summed E-state index contributed by atoms with van der Waals surface area (Å²) in [7, 11) is 0. The summed E-state index contributed by atoms with van der Waals surface area (Å²) in [6, 6.07) is 13.7. The zero-order valence-electron chi connectivity index (χ0n) is 15.5. The summed E-state index contributed by atoms with van der Waals surface area (Å²) in [5.41, 5.74) is 2.88.